The zero-order chi connectivity index (χ0) is 11.1. The van der Waals surface area contributed by atoms with Crippen molar-refractivity contribution in [2.45, 2.75) is 26.3 Å². The van der Waals surface area contributed by atoms with Crippen molar-refractivity contribution in [2.24, 2.45) is 5.92 Å². The fraction of sp³-hybridized carbons (Fsp3) is 0.900. The predicted octanol–water partition coefficient (Wildman–Crippen LogP) is 1.06. The Bertz CT molecular complexity index is 171. The Morgan fingerprint density at radius 1 is 1.50 bits per heavy atom. The molecule has 0 amide bonds. The van der Waals surface area contributed by atoms with Crippen LogP contribution in [0.3, 0.4) is 0 Å². The molecule has 84 valence electrons. The van der Waals surface area contributed by atoms with Crippen LogP contribution in [0, 0.1) is 5.92 Å². The summed E-state index contributed by atoms with van der Waals surface area (Å²) in [5.41, 5.74) is 0. The van der Waals surface area contributed by atoms with Crippen molar-refractivity contribution in [3.05, 3.63) is 0 Å². The minimum atomic E-state index is -0.752. The Balaban J connectivity index is 4.11. The van der Waals surface area contributed by atoms with Crippen molar-refractivity contribution in [1.29, 1.82) is 0 Å². The Morgan fingerprint density at radius 2 is 2.07 bits per heavy atom. The lowest BCUT2D eigenvalue weighted by atomic mass is 10.0. The van der Waals surface area contributed by atoms with Gasteiger partial charge in [0, 0.05) is 13.7 Å². The molecule has 0 aromatic rings. The van der Waals surface area contributed by atoms with Gasteiger partial charge in [0.05, 0.1) is 6.61 Å². The number of aliphatic carboxylic acids is 1. The number of carboxylic acid groups (broad SMARTS) is 1. The zero-order valence-electron chi connectivity index (χ0n) is 9.49. The Morgan fingerprint density at radius 3 is 2.43 bits per heavy atom. The van der Waals surface area contributed by atoms with Crippen LogP contribution in [0.5, 0.6) is 0 Å². The van der Waals surface area contributed by atoms with Gasteiger partial charge in [-0.3, -0.25) is 9.69 Å². The van der Waals surface area contributed by atoms with Gasteiger partial charge in [-0.2, -0.15) is 0 Å². The summed E-state index contributed by atoms with van der Waals surface area (Å²) in [6.45, 7) is 5.28. The first-order chi connectivity index (χ1) is 6.49. The lowest BCUT2D eigenvalue weighted by Crippen LogP contribution is -2.41. The Labute approximate surface area is 85.9 Å². The van der Waals surface area contributed by atoms with E-state index < -0.39 is 12.0 Å². The van der Waals surface area contributed by atoms with E-state index in [-0.39, 0.29) is 0 Å². The van der Waals surface area contributed by atoms with E-state index in [2.05, 4.69) is 0 Å². The zero-order valence-corrected chi connectivity index (χ0v) is 9.49. The molecule has 0 aliphatic heterocycles. The number of ether oxygens (including phenoxy) is 1. The SMILES string of the molecule is COCCN(C)C(CC(C)C)C(=O)O. The fourth-order valence-corrected chi connectivity index (χ4v) is 1.31. The average Bonchev–Trinajstić information content (AvgIpc) is 2.09. The highest BCUT2D eigenvalue weighted by Gasteiger charge is 2.22. The van der Waals surface area contributed by atoms with Gasteiger partial charge in [0.2, 0.25) is 0 Å². The molecular formula is C10H21NO3. The summed E-state index contributed by atoms with van der Waals surface area (Å²) in [4.78, 5) is 12.8. The first kappa shape index (κ1) is 13.4. The minimum Gasteiger partial charge on any atom is -0.480 e. The highest BCUT2D eigenvalue weighted by molar-refractivity contribution is 5.73. The second-order valence-corrected chi connectivity index (χ2v) is 3.96. The van der Waals surface area contributed by atoms with Gasteiger partial charge < -0.3 is 9.84 Å². The van der Waals surface area contributed by atoms with Crippen molar-refractivity contribution < 1.29 is 14.6 Å². The molecule has 0 aliphatic carbocycles. The number of carboxylic acids is 1. The summed E-state index contributed by atoms with van der Waals surface area (Å²) in [5.74, 6) is -0.363. The van der Waals surface area contributed by atoms with Gasteiger partial charge in [-0.1, -0.05) is 13.8 Å². The van der Waals surface area contributed by atoms with E-state index in [9.17, 15) is 4.79 Å². The number of methoxy groups -OCH3 is 1. The van der Waals surface area contributed by atoms with Crippen LogP contribution in [0.1, 0.15) is 20.3 Å². The molecule has 0 bridgehead atoms. The van der Waals surface area contributed by atoms with Gasteiger partial charge in [-0.25, -0.2) is 0 Å². The van der Waals surface area contributed by atoms with E-state index in [1.54, 1.807) is 7.11 Å². The Kier molecular flexibility index (Phi) is 6.49. The van der Waals surface area contributed by atoms with Gasteiger partial charge in [-0.15, -0.1) is 0 Å². The standard InChI is InChI=1S/C10H21NO3/c1-8(2)7-9(10(12)13)11(3)5-6-14-4/h8-9H,5-7H2,1-4H3,(H,12,13). The minimum absolute atomic E-state index is 0.390. The van der Waals surface area contributed by atoms with E-state index >= 15 is 0 Å². The van der Waals surface area contributed by atoms with E-state index in [0.717, 1.165) is 0 Å². The molecular weight excluding hydrogens is 182 g/mol. The molecule has 0 fully saturated rings. The summed E-state index contributed by atoms with van der Waals surface area (Å²) in [7, 11) is 3.44. The highest BCUT2D eigenvalue weighted by atomic mass is 16.5. The molecule has 1 N–H and O–H groups in total. The molecule has 0 spiro atoms. The third-order valence-electron chi connectivity index (χ3n) is 2.16. The molecule has 1 unspecified atom stereocenters. The van der Waals surface area contributed by atoms with Crippen LogP contribution >= 0.6 is 0 Å². The van der Waals surface area contributed by atoms with Gasteiger partial charge in [0.25, 0.3) is 0 Å². The quantitative estimate of drug-likeness (QED) is 0.672. The maximum atomic E-state index is 11.0. The molecule has 0 aromatic heterocycles. The van der Waals surface area contributed by atoms with E-state index in [1.165, 1.54) is 0 Å². The second kappa shape index (κ2) is 6.79. The Hall–Kier alpha value is -0.610. The van der Waals surface area contributed by atoms with E-state index in [1.807, 2.05) is 25.8 Å². The number of hydrogen-bond acceptors (Lipinski definition) is 3. The summed E-state index contributed by atoms with van der Waals surface area (Å²) in [6, 6.07) is -0.398. The summed E-state index contributed by atoms with van der Waals surface area (Å²) in [6.07, 6.45) is 0.676. The maximum Gasteiger partial charge on any atom is 0.320 e. The van der Waals surface area contributed by atoms with E-state index in [0.29, 0.717) is 25.5 Å². The van der Waals surface area contributed by atoms with Gasteiger partial charge in [0.15, 0.2) is 0 Å². The number of hydrogen-bond donors (Lipinski definition) is 1. The number of likely N-dealkylation sites (N-methyl/N-ethyl adjacent to an activating group) is 1. The first-order valence-corrected chi connectivity index (χ1v) is 4.91. The number of nitrogens with zero attached hydrogens (tertiary/aromatic N) is 1. The highest BCUT2D eigenvalue weighted by Crippen LogP contribution is 2.10. The molecule has 0 rings (SSSR count). The fourth-order valence-electron chi connectivity index (χ4n) is 1.31. The third kappa shape index (κ3) is 5.19. The molecule has 1 atom stereocenters. The summed E-state index contributed by atoms with van der Waals surface area (Å²) < 4.78 is 4.91. The normalized spacial score (nSPS) is 13.6. The van der Waals surface area contributed by atoms with Crippen LogP contribution in [0.25, 0.3) is 0 Å². The largest absolute Gasteiger partial charge is 0.480 e. The van der Waals surface area contributed by atoms with Gasteiger partial charge in [0.1, 0.15) is 6.04 Å². The van der Waals surface area contributed by atoms with Crippen LogP contribution in [0.15, 0.2) is 0 Å². The monoisotopic (exact) mass is 203 g/mol. The lowest BCUT2D eigenvalue weighted by molar-refractivity contribution is -0.143. The smallest absolute Gasteiger partial charge is 0.320 e. The van der Waals surface area contributed by atoms with Crippen LogP contribution in [0.4, 0.5) is 0 Å². The molecule has 0 saturated heterocycles. The van der Waals surface area contributed by atoms with Gasteiger partial charge >= 0.3 is 5.97 Å². The molecule has 0 saturated carbocycles. The molecule has 4 nitrogen and oxygen atoms in total. The molecule has 0 radical (unpaired) electrons. The second-order valence-electron chi connectivity index (χ2n) is 3.96. The molecule has 14 heavy (non-hydrogen) atoms. The first-order valence-electron chi connectivity index (χ1n) is 4.91. The van der Waals surface area contributed by atoms with E-state index in [4.69, 9.17) is 9.84 Å². The third-order valence-corrected chi connectivity index (χ3v) is 2.16. The van der Waals surface area contributed by atoms with Crippen molar-refractivity contribution in [3.63, 3.8) is 0 Å². The van der Waals surface area contributed by atoms with Crippen LogP contribution < -0.4 is 0 Å². The lowest BCUT2D eigenvalue weighted by Gasteiger charge is -2.25. The van der Waals surface area contributed by atoms with Crippen LogP contribution in [-0.2, 0) is 9.53 Å². The predicted molar refractivity (Wildman–Crippen MR) is 55.4 cm³/mol. The average molecular weight is 203 g/mol. The molecule has 0 heterocycles. The maximum absolute atomic E-state index is 11.0. The number of rotatable bonds is 7. The summed E-state index contributed by atoms with van der Waals surface area (Å²) in [5, 5.41) is 9.01. The molecule has 0 aromatic carbocycles. The van der Waals surface area contributed by atoms with Crippen molar-refractivity contribution >= 4 is 5.97 Å². The molecule has 0 aliphatic rings. The summed E-state index contributed by atoms with van der Waals surface area (Å²) >= 11 is 0. The number of carbonyl (C=O) groups is 1. The van der Waals surface area contributed by atoms with Crippen LogP contribution in [-0.4, -0.2) is 49.3 Å². The van der Waals surface area contributed by atoms with Gasteiger partial charge in [-0.05, 0) is 19.4 Å². The molecule has 4 heteroatoms. The van der Waals surface area contributed by atoms with Crippen molar-refractivity contribution in [2.75, 3.05) is 27.3 Å². The van der Waals surface area contributed by atoms with Crippen LogP contribution in [0.2, 0.25) is 0 Å². The van der Waals surface area contributed by atoms with Crippen molar-refractivity contribution in [1.82, 2.24) is 4.90 Å². The topological polar surface area (TPSA) is 49.8 Å². The van der Waals surface area contributed by atoms with Crippen molar-refractivity contribution in [3.8, 4) is 0 Å².